The van der Waals surface area contributed by atoms with Crippen LogP contribution in [0.3, 0.4) is 0 Å². The van der Waals surface area contributed by atoms with Crippen LogP contribution in [0.5, 0.6) is 0 Å². The molecule has 0 saturated heterocycles. The number of fused-ring (bicyclic) bond motifs is 1. The molecule has 252 valence electrons. The molecule has 0 spiro atoms. The number of imidazole rings is 2. The van der Waals surface area contributed by atoms with E-state index in [4.69, 9.17) is 15.7 Å². The maximum Gasteiger partial charge on any atom is 0.145 e. The summed E-state index contributed by atoms with van der Waals surface area (Å²) in [5, 5.41) is 0. The highest BCUT2D eigenvalue weighted by Gasteiger charge is 2.22. The molecule has 0 aliphatic rings. The van der Waals surface area contributed by atoms with Crippen molar-refractivity contribution in [1.82, 2.24) is 19.1 Å². The first-order valence-electron chi connectivity index (χ1n) is 17.4. The molecule has 0 saturated carbocycles. The zero-order valence-electron chi connectivity index (χ0n) is 29.0. The largest absolute Gasteiger partial charge is 0.397 e. The van der Waals surface area contributed by atoms with Gasteiger partial charge >= 0.3 is 0 Å². The Balaban J connectivity index is 1.41. The fourth-order valence-electron chi connectivity index (χ4n) is 6.89. The van der Waals surface area contributed by atoms with Crippen molar-refractivity contribution < 1.29 is 0 Å². The van der Waals surface area contributed by atoms with E-state index in [0.29, 0.717) is 12.2 Å². The van der Waals surface area contributed by atoms with Gasteiger partial charge in [-0.05, 0) is 104 Å². The Morgan fingerprint density at radius 3 is 1.88 bits per heavy atom. The second-order valence-electron chi connectivity index (χ2n) is 12.6. The molecular weight excluding hydrogens is 637 g/mol. The predicted octanol–water partition coefficient (Wildman–Crippen LogP) is 11.1. The molecule has 2 aromatic heterocycles. The molecule has 0 radical (unpaired) electrons. The summed E-state index contributed by atoms with van der Waals surface area (Å²) in [5.41, 5.74) is 18.1. The summed E-state index contributed by atoms with van der Waals surface area (Å²) >= 11 is 0. The Kier molecular flexibility index (Phi) is 8.78. The van der Waals surface area contributed by atoms with E-state index in [1.54, 1.807) is 0 Å². The first kappa shape index (κ1) is 32.3. The molecule has 0 fully saturated rings. The van der Waals surface area contributed by atoms with Gasteiger partial charge in [-0.2, -0.15) is 0 Å². The van der Waals surface area contributed by atoms with Crippen molar-refractivity contribution in [3.63, 3.8) is 0 Å². The highest BCUT2D eigenvalue weighted by molar-refractivity contribution is 5.85. The summed E-state index contributed by atoms with van der Waals surface area (Å²) in [6.07, 6.45) is 5.96. The minimum Gasteiger partial charge on any atom is -0.397 e. The summed E-state index contributed by atoms with van der Waals surface area (Å²) in [7, 11) is 0. The van der Waals surface area contributed by atoms with Gasteiger partial charge in [0.05, 0.1) is 33.8 Å². The van der Waals surface area contributed by atoms with Crippen molar-refractivity contribution in [1.29, 1.82) is 0 Å². The standard InChI is InChI=1S/C46H38N6/c1-3-18-43-40(4-2)48-45(51(43)37-21-10-6-11-22-37)34-29-33(32-50(36-19-8-5-9-20-36)42-27-16-14-25-39(42)47)30-35(31-34)46-49-41-26-15-17-28-44(41)52(46)38-23-12-7-13-24-38/h3-31H,2,32,47H2,1H3/b18-3-. The Bertz CT molecular complexity index is 2530. The number of para-hydroxylation sites is 7. The van der Waals surface area contributed by atoms with Gasteiger partial charge in [-0.25, -0.2) is 9.97 Å². The number of hydrogen-bond donors (Lipinski definition) is 1. The van der Waals surface area contributed by atoms with Gasteiger partial charge in [-0.3, -0.25) is 9.13 Å². The van der Waals surface area contributed by atoms with Crippen molar-refractivity contribution in [3.8, 4) is 34.2 Å². The van der Waals surface area contributed by atoms with Crippen LogP contribution < -0.4 is 10.6 Å². The molecule has 6 aromatic carbocycles. The Morgan fingerprint density at radius 2 is 1.23 bits per heavy atom. The summed E-state index contributed by atoms with van der Waals surface area (Å²) < 4.78 is 4.46. The zero-order valence-corrected chi connectivity index (χ0v) is 29.0. The third-order valence-corrected chi connectivity index (χ3v) is 9.19. The molecule has 8 aromatic rings. The van der Waals surface area contributed by atoms with Crippen LogP contribution in [0.25, 0.3) is 57.3 Å². The van der Waals surface area contributed by atoms with Gasteiger partial charge < -0.3 is 10.6 Å². The van der Waals surface area contributed by atoms with Crippen molar-refractivity contribution in [2.24, 2.45) is 0 Å². The number of allylic oxidation sites excluding steroid dienone is 1. The average molecular weight is 675 g/mol. The Morgan fingerprint density at radius 1 is 0.654 bits per heavy atom. The van der Waals surface area contributed by atoms with Gasteiger partial charge in [0.25, 0.3) is 0 Å². The van der Waals surface area contributed by atoms with Crippen LogP contribution in [0.15, 0.2) is 170 Å². The van der Waals surface area contributed by atoms with Crippen LogP contribution >= 0.6 is 0 Å². The number of benzene rings is 6. The first-order chi connectivity index (χ1) is 25.6. The molecule has 52 heavy (non-hydrogen) atoms. The SMILES string of the molecule is C=Cc1nc(-c2cc(CN(c3ccccc3)c3ccccc3N)cc(-c3nc4ccccc4n3-c3ccccc3)c2)n(-c2ccccc2)c1/C=C\C. The third kappa shape index (κ3) is 6.07. The van der Waals surface area contributed by atoms with Gasteiger partial charge in [0.1, 0.15) is 11.6 Å². The quantitative estimate of drug-likeness (QED) is 0.147. The van der Waals surface area contributed by atoms with Crippen LogP contribution in [0, 0.1) is 0 Å². The van der Waals surface area contributed by atoms with E-state index < -0.39 is 0 Å². The van der Waals surface area contributed by atoms with E-state index in [9.17, 15) is 0 Å². The van der Waals surface area contributed by atoms with Crippen molar-refractivity contribution in [2.45, 2.75) is 13.5 Å². The first-order valence-corrected chi connectivity index (χ1v) is 17.4. The summed E-state index contributed by atoms with van der Waals surface area (Å²) in [5.74, 6) is 1.65. The lowest BCUT2D eigenvalue weighted by molar-refractivity contribution is 0.974. The number of hydrogen-bond acceptors (Lipinski definition) is 4. The van der Waals surface area contributed by atoms with E-state index >= 15 is 0 Å². The molecule has 8 rings (SSSR count). The molecule has 0 bridgehead atoms. The molecule has 0 unspecified atom stereocenters. The maximum absolute atomic E-state index is 6.64. The molecule has 0 atom stereocenters. The monoisotopic (exact) mass is 674 g/mol. The second-order valence-corrected chi connectivity index (χ2v) is 12.6. The Hall–Kier alpha value is -6.92. The molecule has 0 aliphatic carbocycles. The van der Waals surface area contributed by atoms with Gasteiger partial charge in [-0.1, -0.05) is 91.5 Å². The lowest BCUT2D eigenvalue weighted by Gasteiger charge is -2.27. The molecule has 0 aliphatic heterocycles. The molecule has 6 heteroatoms. The number of rotatable bonds is 10. The van der Waals surface area contributed by atoms with Crippen LogP contribution in [0.2, 0.25) is 0 Å². The molecule has 0 amide bonds. The number of anilines is 3. The molecular formula is C46H38N6. The van der Waals surface area contributed by atoms with Crippen LogP contribution in [0.1, 0.15) is 23.9 Å². The second kappa shape index (κ2) is 14.1. The average Bonchev–Trinajstić information content (AvgIpc) is 3.77. The highest BCUT2D eigenvalue weighted by atomic mass is 15.1. The van der Waals surface area contributed by atoms with E-state index in [-0.39, 0.29) is 0 Å². The van der Waals surface area contributed by atoms with Gasteiger partial charge in [0.15, 0.2) is 0 Å². The smallest absolute Gasteiger partial charge is 0.145 e. The Labute approximate surface area is 304 Å². The number of nitrogens with zero attached hydrogens (tertiary/aromatic N) is 5. The summed E-state index contributed by atoms with van der Waals surface area (Å²) in [6.45, 7) is 6.71. The maximum atomic E-state index is 6.64. The van der Waals surface area contributed by atoms with E-state index in [1.807, 2.05) is 61.5 Å². The van der Waals surface area contributed by atoms with Crippen molar-refractivity contribution >= 4 is 40.2 Å². The lowest BCUT2D eigenvalue weighted by atomic mass is 10.0. The summed E-state index contributed by atoms with van der Waals surface area (Å²) in [6, 6.07) is 54.2. The number of nitrogen functional groups attached to an aromatic ring is 1. The van der Waals surface area contributed by atoms with Crippen LogP contribution in [-0.4, -0.2) is 19.1 Å². The molecule has 2 heterocycles. The van der Waals surface area contributed by atoms with Crippen LogP contribution in [-0.2, 0) is 6.54 Å². The van der Waals surface area contributed by atoms with Gasteiger partial charge in [0.2, 0.25) is 0 Å². The lowest BCUT2D eigenvalue weighted by Crippen LogP contribution is -2.18. The van der Waals surface area contributed by atoms with Crippen LogP contribution in [0.4, 0.5) is 17.1 Å². The van der Waals surface area contributed by atoms with E-state index in [0.717, 1.165) is 73.5 Å². The normalized spacial score (nSPS) is 11.3. The van der Waals surface area contributed by atoms with Gasteiger partial charge in [-0.15, -0.1) is 0 Å². The topological polar surface area (TPSA) is 64.9 Å². The minimum absolute atomic E-state index is 0.548. The van der Waals surface area contributed by atoms with Crippen molar-refractivity contribution in [2.75, 3.05) is 10.6 Å². The molecule has 6 nitrogen and oxygen atoms in total. The third-order valence-electron chi connectivity index (χ3n) is 9.19. The van der Waals surface area contributed by atoms with Crippen molar-refractivity contribution in [3.05, 3.63) is 187 Å². The minimum atomic E-state index is 0.548. The van der Waals surface area contributed by atoms with Gasteiger partial charge in [0, 0.05) is 34.7 Å². The fraction of sp³-hybridized carbons (Fsp3) is 0.0435. The zero-order chi connectivity index (χ0) is 35.4. The molecule has 2 N–H and O–H groups in total. The number of aromatic nitrogens is 4. The number of nitrogens with two attached hydrogens (primary N) is 1. The highest BCUT2D eigenvalue weighted by Crippen LogP contribution is 2.37. The summed E-state index contributed by atoms with van der Waals surface area (Å²) in [4.78, 5) is 12.8. The van der Waals surface area contributed by atoms with E-state index in [1.165, 1.54) is 0 Å². The fourth-order valence-corrected chi connectivity index (χ4v) is 6.89. The van der Waals surface area contributed by atoms with E-state index in [2.05, 4.69) is 142 Å². The predicted molar refractivity (Wildman–Crippen MR) is 217 cm³/mol.